The maximum Gasteiger partial charge on any atom is 0.150 e. The molecule has 1 aliphatic heterocycles. The Kier molecular flexibility index (Phi) is 6.05. The maximum atomic E-state index is 11.8. The molecular formula is C15H30N2O3S. The van der Waals surface area contributed by atoms with Crippen LogP contribution >= 0.6 is 0 Å². The zero-order valence-electron chi connectivity index (χ0n) is 13.3. The Morgan fingerprint density at radius 1 is 1.38 bits per heavy atom. The Morgan fingerprint density at radius 2 is 2.14 bits per heavy atom. The van der Waals surface area contributed by atoms with Gasteiger partial charge in [-0.15, -0.1) is 0 Å². The molecule has 5 nitrogen and oxygen atoms in total. The van der Waals surface area contributed by atoms with E-state index in [9.17, 15) is 8.42 Å². The quantitative estimate of drug-likeness (QED) is 0.819. The van der Waals surface area contributed by atoms with Gasteiger partial charge in [0.15, 0.2) is 0 Å². The molecule has 124 valence electrons. The van der Waals surface area contributed by atoms with Crippen molar-refractivity contribution < 1.29 is 13.2 Å². The summed E-state index contributed by atoms with van der Waals surface area (Å²) in [5.41, 5.74) is 6.44. The summed E-state index contributed by atoms with van der Waals surface area (Å²) in [6, 6.07) is -0.0470. The maximum absolute atomic E-state index is 11.8. The molecule has 2 N–H and O–H groups in total. The largest absolute Gasteiger partial charge is 0.374 e. The van der Waals surface area contributed by atoms with Gasteiger partial charge in [-0.05, 0) is 38.1 Å². The molecule has 4 unspecified atom stereocenters. The summed E-state index contributed by atoms with van der Waals surface area (Å²) >= 11 is 0. The molecule has 0 amide bonds. The predicted molar refractivity (Wildman–Crippen MR) is 85.0 cm³/mol. The smallest absolute Gasteiger partial charge is 0.150 e. The van der Waals surface area contributed by atoms with Gasteiger partial charge in [-0.1, -0.05) is 13.3 Å². The van der Waals surface area contributed by atoms with Crippen LogP contribution in [0, 0.1) is 5.92 Å². The lowest BCUT2D eigenvalue weighted by molar-refractivity contribution is -0.0516. The van der Waals surface area contributed by atoms with E-state index in [1.807, 2.05) is 0 Å². The van der Waals surface area contributed by atoms with Gasteiger partial charge in [0.2, 0.25) is 0 Å². The molecule has 0 spiro atoms. The van der Waals surface area contributed by atoms with Gasteiger partial charge >= 0.3 is 0 Å². The van der Waals surface area contributed by atoms with Crippen LogP contribution in [0.4, 0.5) is 0 Å². The highest BCUT2D eigenvalue weighted by atomic mass is 32.2. The van der Waals surface area contributed by atoms with Gasteiger partial charge in [-0.25, -0.2) is 8.42 Å². The van der Waals surface area contributed by atoms with Gasteiger partial charge < -0.3 is 10.5 Å². The third-order valence-corrected chi connectivity index (χ3v) is 6.60. The molecule has 0 aromatic rings. The molecule has 2 rings (SSSR count). The molecule has 21 heavy (non-hydrogen) atoms. The van der Waals surface area contributed by atoms with Crippen LogP contribution < -0.4 is 5.73 Å². The standard InChI is InChI=1S/C15H30N2O3S/c1-3-7-17-8-9-20-14(11-17)15(16)12-5-4-6-13(10-12)21(2,18)19/h12-15H,3-11,16H2,1-2H3. The Balaban J connectivity index is 1.94. The molecule has 0 bridgehead atoms. The molecule has 1 saturated carbocycles. The lowest BCUT2D eigenvalue weighted by atomic mass is 9.81. The van der Waals surface area contributed by atoms with Crippen LogP contribution in [-0.4, -0.2) is 63.2 Å². The summed E-state index contributed by atoms with van der Waals surface area (Å²) < 4.78 is 29.4. The van der Waals surface area contributed by atoms with Crippen LogP contribution in [0.2, 0.25) is 0 Å². The van der Waals surface area contributed by atoms with Crippen LogP contribution in [0.25, 0.3) is 0 Å². The Morgan fingerprint density at radius 3 is 2.81 bits per heavy atom. The number of nitrogens with zero attached hydrogens (tertiary/aromatic N) is 1. The number of rotatable bonds is 5. The lowest BCUT2D eigenvalue weighted by Gasteiger charge is -2.40. The Hall–Kier alpha value is -0.170. The average Bonchev–Trinajstić information content (AvgIpc) is 2.46. The highest BCUT2D eigenvalue weighted by Gasteiger charge is 2.36. The van der Waals surface area contributed by atoms with Gasteiger partial charge in [-0.3, -0.25) is 4.90 Å². The van der Waals surface area contributed by atoms with Gasteiger partial charge in [-0.2, -0.15) is 0 Å². The lowest BCUT2D eigenvalue weighted by Crippen LogP contribution is -2.54. The van der Waals surface area contributed by atoms with Gasteiger partial charge in [0.25, 0.3) is 0 Å². The number of morpholine rings is 1. The van der Waals surface area contributed by atoms with Crippen molar-refractivity contribution in [1.82, 2.24) is 4.90 Å². The summed E-state index contributed by atoms with van der Waals surface area (Å²) in [4.78, 5) is 2.41. The zero-order valence-corrected chi connectivity index (χ0v) is 14.1. The number of nitrogens with two attached hydrogens (primary N) is 1. The van der Waals surface area contributed by atoms with E-state index in [0.29, 0.717) is 6.42 Å². The third-order valence-electron chi connectivity index (χ3n) is 4.96. The normalized spacial score (nSPS) is 33.8. The van der Waals surface area contributed by atoms with Crippen molar-refractivity contribution in [2.24, 2.45) is 11.7 Å². The molecule has 0 radical (unpaired) electrons. The second kappa shape index (κ2) is 7.40. The van der Waals surface area contributed by atoms with E-state index in [0.717, 1.165) is 51.9 Å². The molecule has 4 atom stereocenters. The molecule has 1 saturated heterocycles. The second-order valence-electron chi connectivity index (χ2n) is 6.67. The van der Waals surface area contributed by atoms with E-state index in [-0.39, 0.29) is 23.3 Å². The van der Waals surface area contributed by atoms with E-state index in [1.54, 1.807) is 0 Å². The van der Waals surface area contributed by atoms with Crippen molar-refractivity contribution in [2.75, 3.05) is 32.5 Å². The third kappa shape index (κ3) is 4.65. The fourth-order valence-corrected chi connectivity index (χ4v) is 4.90. The fraction of sp³-hybridized carbons (Fsp3) is 1.00. The molecule has 1 aliphatic carbocycles. The first kappa shape index (κ1) is 17.2. The molecule has 0 aromatic carbocycles. The summed E-state index contributed by atoms with van der Waals surface area (Å²) in [6.45, 7) is 5.87. The molecule has 1 heterocycles. The molecule has 6 heteroatoms. The first-order valence-corrected chi connectivity index (χ1v) is 10.2. The van der Waals surface area contributed by atoms with E-state index in [1.165, 1.54) is 6.26 Å². The average molecular weight is 318 g/mol. The Bertz CT molecular complexity index is 425. The van der Waals surface area contributed by atoms with Crippen LogP contribution in [0.5, 0.6) is 0 Å². The van der Waals surface area contributed by atoms with Crippen molar-refractivity contribution in [2.45, 2.75) is 56.4 Å². The molecule has 2 fully saturated rings. The van der Waals surface area contributed by atoms with Crippen molar-refractivity contribution in [1.29, 1.82) is 0 Å². The number of hydrogen-bond donors (Lipinski definition) is 1. The molecule has 2 aliphatic rings. The monoisotopic (exact) mass is 318 g/mol. The van der Waals surface area contributed by atoms with Crippen molar-refractivity contribution in [3.63, 3.8) is 0 Å². The fourth-order valence-electron chi connectivity index (χ4n) is 3.71. The van der Waals surface area contributed by atoms with Crippen molar-refractivity contribution in [3.05, 3.63) is 0 Å². The second-order valence-corrected chi connectivity index (χ2v) is 8.99. The van der Waals surface area contributed by atoms with Gasteiger partial charge in [0, 0.05) is 25.4 Å². The summed E-state index contributed by atoms with van der Waals surface area (Å²) in [6.07, 6.45) is 6.02. The highest BCUT2D eigenvalue weighted by molar-refractivity contribution is 7.91. The minimum absolute atomic E-state index is 0.0470. The summed E-state index contributed by atoms with van der Waals surface area (Å²) in [5, 5.41) is -0.211. The van der Waals surface area contributed by atoms with Crippen LogP contribution in [-0.2, 0) is 14.6 Å². The predicted octanol–water partition coefficient (Wildman–Crippen LogP) is 1.03. The topological polar surface area (TPSA) is 72.6 Å². The van der Waals surface area contributed by atoms with Gasteiger partial charge in [0.05, 0.1) is 18.0 Å². The summed E-state index contributed by atoms with van der Waals surface area (Å²) in [5.74, 6) is 0.269. The Labute approximate surface area is 129 Å². The highest BCUT2D eigenvalue weighted by Crippen LogP contribution is 2.32. The van der Waals surface area contributed by atoms with Crippen molar-refractivity contribution in [3.8, 4) is 0 Å². The SMILES string of the molecule is CCCN1CCOC(C(N)C2CCCC(S(C)(=O)=O)C2)C1. The van der Waals surface area contributed by atoms with E-state index in [4.69, 9.17) is 10.5 Å². The van der Waals surface area contributed by atoms with Crippen LogP contribution in [0.15, 0.2) is 0 Å². The minimum Gasteiger partial charge on any atom is -0.374 e. The minimum atomic E-state index is -2.95. The van der Waals surface area contributed by atoms with Crippen LogP contribution in [0.3, 0.4) is 0 Å². The zero-order chi connectivity index (χ0) is 15.5. The van der Waals surface area contributed by atoms with E-state index < -0.39 is 9.84 Å². The van der Waals surface area contributed by atoms with E-state index in [2.05, 4.69) is 11.8 Å². The first-order valence-electron chi connectivity index (χ1n) is 8.20. The molecular weight excluding hydrogens is 288 g/mol. The van der Waals surface area contributed by atoms with Gasteiger partial charge in [0.1, 0.15) is 9.84 Å². The number of ether oxygens (including phenoxy) is 1. The van der Waals surface area contributed by atoms with Crippen LogP contribution in [0.1, 0.15) is 39.0 Å². The van der Waals surface area contributed by atoms with E-state index >= 15 is 0 Å². The summed E-state index contributed by atoms with van der Waals surface area (Å²) in [7, 11) is -2.95. The number of sulfone groups is 1. The molecule has 0 aromatic heterocycles. The number of hydrogen-bond acceptors (Lipinski definition) is 5. The van der Waals surface area contributed by atoms with Crippen molar-refractivity contribution >= 4 is 9.84 Å². The first-order chi connectivity index (χ1) is 9.91.